The minimum absolute atomic E-state index is 0.000639. The quantitative estimate of drug-likeness (QED) is 0.844. The van der Waals surface area contributed by atoms with Crippen molar-refractivity contribution in [3.63, 3.8) is 0 Å². The number of amides is 1. The van der Waals surface area contributed by atoms with E-state index in [-0.39, 0.29) is 11.8 Å². The molecule has 1 N–H and O–H groups in total. The van der Waals surface area contributed by atoms with E-state index in [9.17, 15) is 4.79 Å². The summed E-state index contributed by atoms with van der Waals surface area (Å²) in [6, 6.07) is 7.35. The molecule has 0 aliphatic heterocycles. The summed E-state index contributed by atoms with van der Waals surface area (Å²) in [6.45, 7) is 5.77. The number of nitrogens with zero attached hydrogens (tertiary/aromatic N) is 1. The maximum atomic E-state index is 11.7. The number of rotatable bonds is 3. The first-order valence-corrected chi connectivity index (χ1v) is 5.40. The van der Waals surface area contributed by atoms with Crippen LogP contribution in [-0.2, 0) is 4.79 Å². The van der Waals surface area contributed by atoms with Gasteiger partial charge in [0.05, 0.1) is 11.6 Å². The summed E-state index contributed by atoms with van der Waals surface area (Å²) in [5, 5.41) is 11.6. The van der Waals surface area contributed by atoms with Gasteiger partial charge in [-0.3, -0.25) is 4.79 Å². The van der Waals surface area contributed by atoms with Gasteiger partial charge in [-0.05, 0) is 31.0 Å². The molecule has 1 amide bonds. The number of benzene rings is 1. The molecule has 1 aromatic rings. The molecule has 3 heteroatoms. The molecule has 0 aromatic heterocycles. The number of carbonyl (C=O) groups excluding carboxylic acids is 1. The molecule has 1 atom stereocenters. The Hall–Kier alpha value is -1.82. The van der Waals surface area contributed by atoms with Crippen LogP contribution in [0.5, 0.6) is 0 Å². The van der Waals surface area contributed by atoms with Crippen molar-refractivity contribution in [3.05, 3.63) is 29.3 Å². The minimum atomic E-state index is -0.00913. The largest absolute Gasteiger partial charge is 0.326 e. The van der Waals surface area contributed by atoms with Crippen LogP contribution in [-0.4, -0.2) is 5.91 Å². The molecule has 0 heterocycles. The molecule has 0 aliphatic rings. The highest BCUT2D eigenvalue weighted by Crippen LogP contribution is 2.17. The van der Waals surface area contributed by atoms with Crippen molar-refractivity contribution < 1.29 is 4.79 Å². The Morgan fingerprint density at radius 3 is 2.81 bits per heavy atom. The molecule has 0 bridgehead atoms. The van der Waals surface area contributed by atoms with Crippen LogP contribution in [0.1, 0.15) is 31.4 Å². The highest BCUT2D eigenvalue weighted by atomic mass is 16.1. The van der Waals surface area contributed by atoms with Gasteiger partial charge in [0.2, 0.25) is 5.91 Å². The molecular weight excluding hydrogens is 200 g/mol. The van der Waals surface area contributed by atoms with Gasteiger partial charge in [0, 0.05) is 11.6 Å². The second-order valence-electron chi connectivity index (χ2n) is 3.94. The lowest BCUT2D eigenvalue weighted by Crippen LogP contribution is -2.20. The smallest absolute Gasteiger partial charge is 0.227 e. The molecule has 0 fully saturated rings. The Morgan fingerprint density at radius 2 is 2.25 bits per heavy atom. The monoisotopic (exact) mass is 216 g/mol. The first kappa shape index (κ1) is 12.3. The number of anilines is 1. The van der Waals surface area contributed by atoms with Gasteiger partial charge >= 0.3 is 0 Å². The topological polar surface area (TPSA) is 52.9 Å². The second-order valence-corrected chi connectivity index (χ2v) is 3.94. The van der Waals surface area contributed by atoms with E-state index < -0.39 is 0 Å². The summed E-state index contributed by atoms with van der Waals surface area (Å²) in [6.07, 6.45) is 0.808. The molecule has 0 saturated heterocycles. The van der Waals surface area contributed by atoms with Crippen molar-refractivity contribution >= 4 is 11.6 Å². The molecule has 0 spiro atoms. The van der Waals surface area contributed by atoms with Crippen molar-refractivity contribution in [1.29, 1.82) is 5.26 Å². The fraction of sp³-hybridized carbons (Fsp3) is 0.385. The summed E-state index contributed by atoms with van der Waals surface area (Å²) >= 11 is 0. The van der Waals surface area contributed by atoms with Crippen LogP contribution in [0.15, 0.2) is 18.2 Å². The molecule has 16 heavy (non-hydrogen) atoms. The second kappa shape index (κ2) is 5.32. The summed E-state index contributed by atoms with van der Waals surface area (Å²) in [4.78, 5) is 11.7. The Kier molecular flexibility index (Phi) is 4.07. The first-order chi connectivity index (χ1) is 7.58. The molecule has 3 nitrogen and oxygen atoms in total. The van der Waals surface area contributed by atoms with Crippen LogP contribution >= 0.6 is 0 Å². The zero-order valence-electron chi connectivity index (χ0n) is 9.87. The summed E-state index contributed by atoms with van der Waals surface area (Å²) in [5.41, 5.74) is 2.25. The molecule has 0 saturated carbocycles. The Balaban J connectivity index is 2.89. The number of nitriles is 1. The molecule has 0 aliphatic carbocycles. The van der Waals surface area contributed by atoms with Gasteiger partial charge in [-0.2, -0.15) is 5.26 Å². The molecule has 1 aromatic carbocycles. The predicted molar refractivity (Wildman–Crippen MR) is 64.0 cm³/mol. The fourth-order valence-corrected chi connectivity index (χ4v) is 1.27. The van der Waals surface area contributed by atoms with Crippen molar-refractivity contribution in [2.24, 2.45) is 5.92 Å². The minimum Gasteiger partial charge on any atom is -0.326 e. The number of hydrogen-bond donors (Lipinski definition) is 1. The van der Waals surface area contributed by atoms with E-state index in [4.69, 9.17) is 5.26 Å². The standard InChI is InChI=1S/C13H16N2O/c1-4-9(2)13(16)15-12-7-11(8-14)6-5-10(12)3/h5-7,9H,4H2,1-3H3,(H,15,16). The normalized spacial score (nSPS) is 11.6. The SMILES string of the molecule is CCC(C)C(=O)Nc1cc(C#N)ccc1C. The Labute approximate surface area is 96.1 Å². The van der Waals surface area contributed by atoms with E-state index in [0.29, 0.717) is 5.56 Å². The van der Waals surface area contributed by atoms with Gasteiger partial charge in [-0.25, -0.2) is 0 Å². The van der Waals surface area contributed by atoms with Gasteiger partial charge in [-0.1, -0.05) is 19.9 Å². The van der Waals surface area contributed by atoms with E-state index in [1.807, 2.05) is 26.8 Å². The maximum Gasteiger partial charge on any atom is 0.227 e. The lowest BCUT2D eigenvalue weighted by atomic mass is 10.1. The van der Waals surface area contributed by atoms with Crippen LogP contribution in [0.2, 0.25) is 0 Å². The Morgan fingerprint density at radius 1 is 1.56 bits per heavy atom. The lowest BCUT2D eigenvalue weighted by Gasteiger charge is -2.12. The first-order valence-electron chi connectivity index (χ1n) is 5.40. The van der Waals surface area contributed by atoms with Gasteiger partial charge < -0.3 is 5.32 Å². The molecule has 1 unspecified atom stereocenters. The average Bonchev–Trinajstić information content (AvgIpc) is 2.30. The predicted octanol–water partition coefficient (Wildman–Crippen LogP) is 2.85. The molecule has 1 rings (SSSR count). The number of carbonyl (C=O) groups is 1. The third-order valence-electron chi connectivity index (χ3n) is 2.68. The maximum absolute atomic E-state index is 11.7. The van der Waals surface area contributed by atoms with Crippen LogP contribution in [0.25, 0.3) is 0 Å². The summed E-state index contributed by atoms with van der Waals surface area (Å²) in [5.74, 6) is -0.00849. The third kappa shape index (κ3) is 2.83. The number of aryl methyl sites for hydroxylation is 1. The third-order valence-corrected chi connectivity index (χ3v) is 2.68. The van der Waals surface area contributed by atoms with E-state index in [1.54, 1.807) is 12.1 Å². The zero-order chi connectivity index (χ0) is 12.1. The molecular formula is C13H16N2O. The van der Waals surface area contributed by atoms with Crippen molar-refractivity contribution in [1.82, 2.24) is 0 Å². The fourth-order valence-electron chi connectivity index (χ4n) is 1.27. The number of nitrogens with one attached hydrogen (secondary N) is 1. The van der Waals surface area contributed by atoms with Crippen molar-refractivity contribution in [2.75, 3.05) is 5.32 Å². The summed E-state index contributed by atoms with van der Waals surface area (Å²) in [7, 11) is 0. The van der Waals surface area contributed by atoms with E-state index in [2.05, 4.69) is 11.4 Å². The zero-order valence-corrected chi connectivity index (χ0v) is 9.87. The van der Waals surface area contributed by atoms with Gasteiger partial charge in [0.25, 0.3) is 0 Å². The number of hydrogen-bond acceptors (Lipinski definition) is 2. The van der Waals surface area contributed by atoms with Crippen LogP contribution in [0.3, 0.4) is 0 Å². The van der Waals surface area contributed by atoms with Crippen molar-refractivity contribution in [2.45, 2.75) is 27.2 Å². The van der Waals surface area contributed by atoms with Crippen LogP contribution in [0, 0.1) is 24.2 Å². The lowest BCUT2D eigenvalue weighted by molar-refractivity contribution is -0.119. The van der Waals surface area contributed by atoms with Gasteiger partial charge in [0.1, 0.15) is 0 Å². The van der Waals surface area contributed by atoms with Crippen LogP contribution in [0.4, 0.5) is 5.69 Å². The average molecular weight is 216 g/mol. The molecule has 84 valence electrons. The van der Waals surface area contributed by atoms with Crippen molar-refractivity contribution in [3.8, 4) is 6.07 Å². The highest BCUT2D eigenvalue weighted by Gasteiger charge is 2.11. The van der Waals surface area contributed by atoms with Crippen LogP contribution < -0.4 is 5.32 Å². The molecule has 0 radical (unpaired) electrons. The summed E-state index contributed by atoms with van der Waals surface area (Å²) < 4.78 is 0. The van der Waals surface area contributed by atoms with Gasteiger partial charge in [0.15, 0.2) is 0 Å². The Bertz CT molecular complexity index is 432. The van der Waals surface area contributed by atoms with E-state index in [1.165, 1.54) is 0 Å². The highest BCUT2D eigenvalue weighted by molar-refractivity contribution is 5.93. The van der Waals surface area contributed by atoms with E-state index in [0.717, 1.165) is 17.7 Å². The van der Waals surface area contributed by atoms with Gasteiger partial charge in [-0.15, -0.1) is 0 Å². The van der Waals surface area contributed by atoms with E-state index >= 15 is 0 Å².